The fourth-order valence-corrected chi connectivity index (χ4v) is 6.00. The SMILES string of the molecule is COc1c(Cl)cc(Cl)cc1[C@H]1C2=C(CC(C)(C)CC2=O)Nc2ccccc2N1C(=O)Cc1ccccc1. The first-order chi connectivity index (χ1) is 17.7. The molecule has 3 aromatic carbocycles. The molecule has 37 heavy (non-hydrogen) atoms. The number of ketones is 1. The number of nitrogens with zero attached hydrogens (tertiary/aromatic N) is 1. The minimum Gasteiger partial charge on any atom is -0.495 e. The predicted molar refractivity (Wildman–Crippen MR) is 148 cm³/mol. The first kappa shape index (κ1) is 25.4. The molecule has 1 aliphatic carbocycles. The molecule has 2 aliphatic rings. The summed E-state index contributed by atoms with van der Waals surface area (Å²) in [4.78, 5) is 29.8. The highest BCUT2D eigenvalue weighted by atomic mass is 35.5. The summed E-state index contributed by atoms with van der Waals surface area (Å²) in [6, 6.07) is 19.8. The summed E-state index contributed by atoms with van der Waals surface area (Å²) in [5.41, 5.74) is 3.98. The number of allylic oxidation sites excluding steroid dienone is 1. The zero-order valence-electron chi connectivity index (χ0n) is 21.0. The lowest BCUT2D eigenvalue weighted by molar-refractivity contribution is -0.119. The molecule has 0 saturated heterocycles. The molecule has 0 radical (unpaired) electrons. The van der Waals surface area contributed by atoms with Crippen LogP contribution in [0.4, 0.5) is 11.4 Å². The Kier molecular flexibility index (Phi) is 6.78. The van der Waals surface area contributed by atoms with Gasteiger partial charge < -0.3 is 10.1 Å². The van der Waals surface area contributed by atoms with Gasteiger partial charge in [0.1, 0.15) is 5.75 Å². The lowest BCUT2D eigenvalue weighted by Crippen LogP contribution is -2.40. The Labute approximate surface area is 227 Å². The van der Waals surface area contributed by atoms with Gasteiger partial charge >= 0.3 is 0 Å². The maximum atomic E-state index is 14.2. The number of ether oxygens (including phenoxy) is 1. The summed E-state index contributed by atoms with van der Waals surface area (Å²) in [7, 11) is 1.53. The number of hydrogen-bond donors (Lipinski definition) is 1. The Morgan fingerprint density at radius 2 is 1.76 bits per heavy atom. The highest BCUT2D eigenvalue weighted by Gasteiger charge is 2.44. The van der Waals surface area contributed by atoms with Gasteiger partial charge in [-0.05, 0) is 41.7 Å². The maximum Gasteiger partial charge on any atom is 0.232 e. The quantitative estimate of drug-likeness (QED) is 0.379. The van der Waals surface area contributed by atoms with Gasteiger partial charge in [-0.15, -0.1) is 0 Å². The van der Waals surface area contributed by atoms with Crippen molar-refractivity contribution in [1.29, 1.82) is 0 Å². The summed E-state index contributed by atoms with van der Waals surface area (Å²) in [6.07, 6.45) is 1.17. The van der Waals surface area contributed by atoms with Crippen LogP contribution in [-0.4, -0.2) is 18.8 Å². The third kappa shape index (κ3) is 4.86. The molecular formula is C30H28Cl2N2O3. The predicted octanol–water partition coefficient (Wildman–Crippen LogP) is 7.39. The van der Waals surface area contributed by atoms with Crippen molar-refractivity contribution in [1.82, 2.24) is 0 Å². The lowest BCUT2D eigenvalue weighted by Gasteiger charge is -2.37. The van der Waals surface area contributed by atoms with E-state index in [2.05, 4.69) is 19.2 Å². The van der Waals surface area contributed by atoms with E-state index in [9.17, 15) is 9.59 Å². The van der Waals surface area contributed by atoms with Crippen molar-refractivity contribution in [3.05, 3.63) is 99.2 Å². The van der Waals surface area contributed by atoms with Crippen molar-refractivity contribution in [3.8, 4) is 5.75 Å². The number of rotatable bonds is 4. The van der Waals surface area contributed by atoms with Crippen LogP contribution in [0.25, 0.3) is 0 Å². The van der Waals surface area contributed by atoms with Crippen LogP contribution in [0, 0.1) is 5.41 Å². The minimum atomic E-state index is -0.780. The van der Waals surface area contributed by atoms with Gasteiger partial charge in [0.05, 0.1) is 36.0 Å². The van der Waals surface area contributed by atoms with E-state index < -0.39 is 6.04 Å². The molecule has 7 heteroatoms. The molecule has 3 aromatic rings. The molecule has 5 rings (SSSR count). The van der Waals surface area contributed by atoms with E-state index in [1.54, 1.807) is 17.0 Å². The van der Waals surface area contributed by atoms with Crippen LogP contribution in [0.1, 0.15) is 43.9 Å². The normalized spacial score (nSPS) is 18.5. The Morgan fingerprint density at radius 1 is 1.05 bits per heavy atom. The van der Waals surface area contributed by atoms with Gasteiger partial charge in [0.15, 0.2) is 5.78 Å². The molecule has 1 amide bonds. The lowest BCUT2D eigenvalue weighted by atomic mass is 9.73. The summed E-state index contributed by atoms with van der Waals surface area (Å²) in [5, 5.41) is 4.23. The van der Waals surface area contributed by atoms with Gasteiger partial charge in [0, 0.05) is 28.3 Å². The number of amides is 1. The number of fused-ring (bicyclic) bond motifs is 1. The Morgan fingerprint density at radius 3 is 2.49 bits per heavy atom. The molecule has 1 atom stereocenters. The van der Waals surface area contributed by atoms with E-state index in [4.69, 9.17) is 27.9 Å². The number of carbonyl (C=O) groups excluding carboxylic acids is 2. The molecule has 0 aromatic heterocycles. The third-order valence-corrected chi connectivity index (χ3v) is 7.40. The number of methoxy groups -OCH3 is 1. The fraction of sp³-hybridized carbons (Fsp3) is 0.267. The summed E-state index contributed by atoms with van der Waals surface area (Å²) < 4.78 is 5.73. The number of carbonyl (C=O) groups is 2. The third-order valence-electron chi connectivity index (χ3n) is 6.90. The molecule has 0 spiro atoms. The number of anilines is 2. The van der Waals surface area contributed by atoms with Gasteiger partial charge in [0.2, 0.25) is 5.91 Å². The second-order valence-electron chi connectivity index (χ2n) is 10.3. The van der Waals surface area contributed by atoms with Gasteiger partial charge in [-0.1, -0.05) is 79.5 Å². The van der Waals surface area contributed by atoms with Crippen LogP contribution in [-0.2, 0) is 16.0 Å². The highest BCUT2D eigenvalue weighted by Crippen LogP contribution is 2.51. The van der Waals surface area contributed by atoms with Crippen LogP contribution in [0.3, 0.4) is 0 Å². The number of hydrogen-bond acceptors (Lipinski definition) is 4. The monoisotopic (exact) mass is 534 g/mol. The molecular weight excluding hydrogens is 507 g/mol. The van der Waals surface area contributed by atoms with Gasteiger partial charge in [-0.25, -0.2) is 0 Å². The van der Waals surface area contributed by atoms with E-state index in [0.29, 0.717) is 45.5 Å². The van der Waals surface area contributed by atoms with Crippen molar-refractivity contribution in [2.24, 2.45) is 5.41 Å². The van der Waals surface area contributed by atoms with E-state index in [1.165, 1.54) is 7.11 Å². The van der Waals surface area contributed by atoms with Crippen molar-refractivity contribution in [2.75, 3.05) is 17.3 Å². The molecule has 0 unspecified atom stereocenters. The van der Waals surface area contributed by atoms with Gasteiger partial charge in [-0.2, -0.15) is 0 Å². The number of nitrogens with one attached hydrogen (secondary N) is 1. The molecule has 0 bridgehead atoms. The van der Waals surface area contributed by atoms with Crippen LogP contribution in [0.5, 0.6) is 5.75 Å². The first-order valence-corrected chi connectivity index (χ1v) is 13.0. The van der Waals surface area contributed by atoms with Gasteiger partial charge in [-0.3, -0.25) is 14.5 Å². The topological polar surface area (TPSA) is 58.6 Å². The van der Waals surface area contributed by atoms with E-state index >= 15 is 0 Å². The standard InChI is InChI=1S/C30H28Cl2N2O3/c1-30(2)16-23-27(25(35)17-30)28(20-14-19(31)15-21(32)29(20)37-3)34(24-12-8-7-11-22(24)33-23)26(36)13-18-9-5-4-6-10-18/h4-12,14-15,28,33H,13,16-17H2,1-3H3/t28-/m0/s1. The zero-order valence-corrected chi connectivity index (χ0v) is 22.5. The zero-order chi connectivity index (χ0) is 26.3. The summed E-state index contributed by atoms with van der Waals surface area (Å²) >= 11 is 13.1. The van der Waals surface area contributed by atoms with Gasteiger partial charge in [0.25, 0.3) is 0 Å². The van der Waals surface area contributed by atoms with Crippen LogP contribution >= 0.6 is 23.2 Å². The second kappa shape index (κ2) is 9.88. The van der Waals surface area contributed by atoms with E-state index in [1.807, 2.05) is 54.6 Å². The van der Waals surface area contributed by atoms with Crippen molar-refractivity contribution in [3.63, 3.8) is 0 Å². The van der Waals surface area contributed by atoms with Crippen LogP contribution in [0.2, 0.25) is 10.0 Å². The van der Waals surface area contributed by atoms with Crippen LogP contribution < -0.4 is 15.0 Å². The number of Topliss-reactive ketones (excluding diaryl/α,β-unsaturated/α-hetero) is 1. The Bertz CT molecular complexity index is 1420. The second-order valence-corrected chi connectivity index (χ2v) is 11.2. The smallest absolute Gasteiger partial charge is 0.232 e. The highest BCUT2D eigenvalue weighted by molar-refractivity contribution is 6.35. The molecule has 1 aliphatic heterocycles. The van der Waals surface area contributed by atoms with Crippen molar-refractivity contribution in [2.45, 2.75) is 39.2 Å². The summed E-state index contributed by atoms with van der Waals surface area (Å²) in [5.74, 6) is 0.208. The molecule has 5 nitrogen and oxygen atoms in total. The van der Waals surface area contributed by atoms with Crippen molar-refractivity contribution < 1.29 is 14.3 Å². The Balaban J connectivity index is 1.80. The molecule has 190 valence electrons. The molecule has 0 fully saturated rings. The number of para-hydroxylation sites is 2. The average Bonchev–Trinajstić information content (AvgIpc) is 2.97. The number of halogens is 2. The first-order valence-electron chi connectivity index (χ1n) is 12.2. The molecule has 1 N–H and O–H groups in total. The van der Waals surface area contributed by atoms with E-state index in [0.717, 1.165) is 16.9 Å². The molecule has 1 heterocycles. The largest absolute Gasteiger partial charge is 0.495 e. The molecule has 0 saturated carbocycles. The Hall–Kier alpha value is -3.28. The summed E-state index contributed by atoms with van der Waals surface area (Å²) in [6.45, 7) is 4.16. The van der Waals surface area contributed by atoms with Crippen molar-refractivity contribution >= 4 is 46.3 Å². The maximum absolute atomic E-state index is 14.2. The minimum absolute atomic E-state index is 0.0211. The average molecular weight is 535 g/mol. The van der Waals surface area contributed by atoms with E-state index in [-0.39, 0.29) is 23.5 Å². The number of benzene rings is 3. The fourth-order valence-electron chi connectivity index (χ4n) is 5.41. The van der Waals surface area contributed by atoms with Crippen LogP contribution in [0.15, 0.2) is 78.0 Å².